The number of benzene rings is 2. The summed E-state index contributed by atoms with van der Waals surface area (Å²) in [5, 5.41) is 0. The molecule has 1 amide bonds. The Morgan fingerprint density at radius 1 is 1.04 bits per heavy atom. The smallest absolute Gasteiger partial charge is 0.270 e. The van der Waals surface area contributed by atoms with Crippen LogP contribution in [0, 0.1) is 6.92 Å². The van der Waals surface area contributed by atoms with E-state index < -0.39 is 0 Å². The van der Waals surface area contributed by atoms with Crippen molar-refractivity contribution < 1.29 is 4.79 Å². The van der Waals surface area contributed by atoms with Gasteiger partial charge in [-0.2, -0.15) is 0 Å². The first-order valence-corrected chi connectivity index (χ1v) is 8.80. The molecule has 2 aromatic rings. The van der Waals surface area contributed by atoms with E-state index in [1.54, 1.807) is 4.90 Å². The molecule has 3 rings (SSSR count). The zero-order chi connectivity index (χ0) is 17.3. The molecule has 122 valence electrons. The van der Waals surface area contributed by atoms with Gasteiger partial charge >= 0.3 is 0 Å². The topological polar surface area (TPSA) is 23.6 Å². The highest BCUT2D eigenvalue weighted by atomic mass is 32.2. The lowest BCUT2D eigenvalue weighted by atomic mass is 10.1. The molecule has 0 spiro atoms. The maximum absolute atomic E-state index is 12.7. The first-order valence-electron chi connectivity index (χ1n) is 7.58. The molecule has 0 N–H and O–H groups in total. The summed E-state index contributed by atoms with van der Waals surface area (Å²) in [6.45, 7) is 2.02. The van der Waals surface area contributed by atoms with Crippen molar-refractivity contribution in [3.8, 4) is 0 Å². The summed E-state index contributed by atoms with van der Waals surface area (Å²) in [6, 6.07) is 15.9. The number of nitrogens with zero attached hydrogens (tertiary/aromatic N) is 2. The van der Waals surface area contributed by atoms with E-state index in [1.807, 2.05) is 80.5 Å². The van der Waals surface area contributed by atoms with Crippen LogP contribution in [0.4, 0.5) is 11.4 Å². The number of amides is 1. The Morgan fingerprint density at radius 3 is 2.25 bits per heavy atom. The van der Waals surface area contributed by atoms with Crippen LogP contribution in [0.15, 0.2) is 53.4 Å². The van der Waals surface area contributed by atoms with Crippen LogP contribution in [-0.2, 0) is 4.79 Å². The van der Waals surface area contributed by atoms with E-state index in [0.29, 0.717) is 9.23 Å². The Balaban J connectivity index is 1.86. The maximum Gasteiger partial charge on any atom is 0.270 e. The number of hydrogen-bond donors (Lipinski definition) is 0. The number of thiocarbonyl (C=S) groups is 1. The Morgan fingerprint density at radius 2 is 1.67 bits per heavy atom. The summed E-state index contributed by atoms with van der Waals surface area (Å²) in [7, 11) is 4.00. The molecule has 1 heterocycles. The summed E-state index contributed by atoms with van der Waals surface area (Å²) < 4.78 is 0.569. The van der Waals surface area contributed by atoms with Crippen molar-refractivity contribution in [2.75, 3.05) is 23.9 Å². The van der Waals surface area contributed by atoms with E-state index in [1.165, 1.54) is 11.8 Å². The van der Waals surface area contributed by atoms with Crippen molar-refractivity contribution in [2.24, 2.45) is 0 Å². The van der Waals surface area contributed by atoms with Gasteiger partial charge in [-0.3, -0.25) is 9.69 Å². The van der Waals surface area contributed by atoms with Crippen LogP contribution in [0.1, 0.15) is 11.1 Å². The molecule has 2 aromatic carbocycles. The second-order valence-corrected chi connectivity index (χ2v) is 7.51. The summed E-state index contributed by atoms with van der Waals surface area (Å²) in [5.74, 6) is -0.0643. The molecule has 0 radical (unpaired) electrons. The molecule has 0 atom stereocenters. The Labute approximate surface area is 152 Å². The minimum atomic E-state index is -0.0643. The second kappa shape index (κ2) is 6.79. The number of rotatable bonds is 3. The lowest BCUT2D eigenvalue weighted by molar-refractivity contribution is -0.113. The summed E-state index contributed by atoms with van der Waals surface area (Å²) in [6.07, 6.45) is 1.90. The predicted molar refractivity (Wildman–Crippen MR) is 108 cm³/mol. The molecule has 1 saturated heterocycles. The number of carbonyl (C=O) groups excluding carboxylic acids is 1. The van der Waals surface area contributed by atoms with Gasteiger partial charge in [0.25, 0.3) is 5.91 Å². The molecule has 5 heteroatoms. The van der Waals surface area contributed by atoms with E-state index in [4.69, 9.17) is 12.2 Å². The van der Waals surface area contributed by atoms with Gasteiger partial charge in [0.1, 0.15) is 0 Å². The standard InChI is InChI=1S/C19H18N2OS2/c1-13-4-8-16(9-5-13)21-18(22)17(24-19(21)23)12-14-6-10-15(11-7-14)20(2)3/h4-12H,1-3H3/b17-12+. The molecule has 0 saturated carbocycles. The van der Waals surface area contributed by atoms with Crippen LogP contribution in [0.5, 0.6) is 0 Å². The van der Waals surface area contributed by atoms with Crippen molar-refractivity contribution in [2.45, 2.75) is 6.92 Å². The predicted octanol–water partition coefficient (Wildman–Crippen LogP) is 4.47. The third-order valence-corrected chi connectivity index (χ3v) is 5.10. The normalized spacial score (nSPS) is 16.1. The lowest BCUT2D eigenvalue weighted by Crippen LogP contribution is -2.27. The number of hydrogen-bond acceptors (Lipinski definition) is 4. The monoisotopic (exact) mass is 354 g/mol. The van der Waals surface area contributed by atoms with Gasteiger partial charge in [0.2, 0.25) is 0 Å². The van der Waals surface area contributed by atoms with Crippen LogP contribution in [-0.4, -0.2) is 24.3 Å². The second-order valence-electron chi connectivity index (χ2n) is 5.84. The summed E-state index contributed by atoms with van der Waals surface area (Å²) in [5.41, 5.74) is 4.08. The highest BCUT2D eigenvalue weighted by molar-refractivity contribution is 8.27. The van der Waals surface area contributed by atoms with Crippen LogP contribution in [0.3, 0.4) is 0 Å². The fourth-order valence-electron chi connectivity index (χ4n) is 2.40. The van der Waals surface area contributed by atoms with E-state index in [0.717, 1.165) is 22.5 Å². The van der Waals surface area contributed by atoms with Crippen LogP contribution in [0.2, 0.25) is 0 Å². The van der Waals surface area contributed by atoms with E-state index >= 15 is 0 Å². The summed E-state index contributed by atoms with van der Waals surface area (Å²) >= 11 is 6.75. The molecule has 3 nitrogen and oxygen atoms in total. The fourth-order valence-corrected chi connectivity index (χ4v) is 3.70. The van der Waals surface area contributed by atoms with Crippen molar-refractivity contribution in [1.29, 1.82) is 0 Å². The van der Waals surface area contributed by atoms with Gasteiger partial charge < -0.3 is 4.90 Å². The Bertz CT molecular complexity index is 808. The van der Waals surface area contributed by atoms with Crippen molar-refractivity contribution in [1.82, 2.24) is 0 Å². The number of thioether (sulfide) groups is 1. The third kappa shape index (κ3) is 3.37. The van der Waals surface area contributed by atoms with Crippen molar-refractivity contribution in [3.05, 3.63) is 64.6 Å². The largest absolute Gasteiger partial charge is 0.378 e. The van der Waals surface area contributed by atoms with Gasteiger partial charge in [-0.15, -0.1) is 0 Å². The fraction of sp³-hybridized carbons (Fsp3) is 0.158. The van der Waals surface area contributed by atoms with Gasteiger partial charge in [-0.05, 0) is 42.8 Å². The van der Waals surface area contributed by atoms with Crippen LogP contribution in [0.25, 0.3) is 6.08 Å². The van der Waals surface area contributed by atoms with E-state index in [-0.39, 0.29) is 5.91 Å². The molecular weight excluding hydrogens is 336 g/mol. The number of carbonyl (C=O) groups is 1. The van der Waals surface area contributed by atoms with Crippen LogP contribution < -0.4 is 9.80 Å². The lowest BCUT2D eigenvalue weighted by Gasteiger charge is -2.14. The van der Waals surface area contributed by atoms with Gasteiger partial charge in [-0.1, -0.05) is 53.8 Å². The molecule has 0 unspecified atom stereocenters. The number of anilines is 2. The highest BCUT2D eigenvalue weighted by Crippen LogP contribution is 2.36. The molecule has 0 aliphatic carbocycles. The van der Waals surface area contributed by atoms with E-state index in [9.17, 15) is 4.79 Å². The first-order chi connectivity index (χ1) is 11.5. The maximum atomic E-state index is 12.7. The Hall–Kier alpha value is -2.11. The first kappa shape index (κ1) is 16.7. The zero-order valence-corrected chi connectivity index (χ0v) is 15.4. The number of aryl methyl sites for hydroxylation is 1. The van der Waals surface area contributed by atoms with Gasteiger partial charge in [-0.25, -0.2) is 0 Å². The average molecular weight is 355 g/mol. The third-order valence-electron chi connectivity index (χ3n) is 3.79. The minimum Gasteiger partial charge on any atom is -0.378 e. The van der Waals surface area contributed by atoms with Crippen molar-refractivity contribution in [3.63, 3.8) is 0 Å². The molecule has 1 fully saturated rings. The highest BCUT2D eigenvalue weighted by Gasteiger charge is 2.33. The zero-order valence-electron chi connectivity index (χ0n) is 13.8. The van der Waals surface area contributed by atoms with Gasteiger partial charge in [0.05, 0.1) is 10.6 Å². The van der Waals surface area contributed by atoms with Gasteiger partial charge in [0, 0.05) is 19.8 Å². The molecule has 1 aliphatic rings. The summed E-state index contributed by atoms with van der Waals surface area (Å²) in [4.78, 5) is 17.0. The molecular formula is C19H18N2OS2. The minimum absolute atomic E-state index is 0.0643. The quantitative estimate of drug-likeness (QED) is 0.599. The Kier molecular flexibility index (Phi) is 4.73. The molecule has 0 bridgehead atoms. The van der Waals surface area contributed by atoms with Gasteiger partial charge in [0.15, 0.2) is 4.32 Å². The average Bonchev–Trinajstić information content (AvgIpc) is 2.83. The molecule has 1 aliphatic heterocycles. The van der Waals surface area contributed by atoms with Crippen molar-refractivity contribution >= 4 is 51.7 Å². The van der Waals surface area contributed by atoms with Crippen LogP contribution >= 0.6 is 24.0 Å². The molecule has 0 aromatic heterocycles. The van der Waals surface area contributed by atoms with E-state index in [2.05, 4.69) is 0 Å². The SMILES string of the molecule is Cc1ccc(N2C(=O)/C(=C\c3ccc(N(C)C)cc3)SC2=S)cc1. The molecule has 24 heavy (non-hydrogen) atoms.